The van der Waals surface area contributed by atoms with Crippen molar-refractivity contribution >= 4 is 17.4 Å². The highest BCUT2D eigenvalue weighted by molar-refractivity contribution is 7.98. The van der Waals surface area contributed by atoms with Gasteiger partial charge in [-0.3, -0.25) is 10.1 Å². The quantitative estimate of drug-likeness (QED) is 0.139. The highest BCUT2D eigenvalue weighted by Crippen LogP contribution is 2.30. The van der Waals surface area contributed by atoms with E-state index in [0.717, 1.165) is 16.8 Å². The summed E-state index contributed by atoms with van der Waals surface area (Å²) in [5.41, 5.74) is 2.53. The van der Waals surface area contributed by atoms with E-state index in [4.69, 9.17) is 9.47 Å². The topological polar surface area (TPSA) is 87.4 Å². The SMILES string of the molecule is COc1cccc(Oc2cc(-c3ccccc3)nc(SCc3cccc([N+](=O)[O-])c3)n2)c1. The molecule has 1 aromatic heterocycles. The molecule has 32 heavy (non-hydrogen) atoms. The number of thioether (sulfide) groups is 1. The number of methoxy groups -OCH3 is 1. The fourth-order valence-electron chi connectivity index (χ4n) is 2.97. The molecule has 0 unspecified atom stereocenters. The van der Waals surface area contributed by atoms with E-state index in [1.165, 1.54) is 17.8 Å². The van der Waals surface area contributed by atoms with Crippen molar-refractivity contribution in [3.63, 3.8) is 0 Å². The van der Waals surface area contributed by atoms with Crippen LogP contribution in [-0.4, -0.2) is 22.0 Å². The molecule has 7 nitrogen and oxygen atoms in total. The normalized spacial score (nSPS) is 10.5. The zero-order chi connectivity index (χ0) is 22.3. The Balaban J connectivity index is 1.62. The van der Waals surface area contributed by atoms with E-state index in [0.29, 0.717) is 28.3 Å². The molecule has 0 fully saturated rings. The minimum absolute atomic E-state index is 0.0594. The van der Waals surface area contributed by atoms with E-state index in [-0.39, 0.29) is 5.69 Å². The van der Waals surface area contributed by atoms with E-state index in [1.807, 2.05) is 54.6 Å². The zero-order valence-corrected chi connectivity index (χ0v) is 18.0. The van der Waals surface area contributed by atoms with Gasteiger partial charge in [0.1, 0.15) is 11.5 Å². The third kappa shape index (κ3) is 5.41. The van der Waals surface area contributed by atoms with Crippen LogP contribution in [0.5, 0.6) is 17.4 Å². The predicted octanol–water partition coefficient (Wildman–Crippen LogP) is 6.15. The van der Waals surface area contributed by atoms with Gasteiger partial charge in [-0.2, -0.15) is 4.98 Å². The van der Waals surface area contributed by atoms with Crippen molar-refractivity contribution < 1.29 is 14.4 Å². The van der Waals surface area contributed by atoms with Gasteiger partial charge in [0.05, 0.1) is 17.7 Å². The van der Waals surface area contributed by atoms with Crippen LogP contribution in [0.3, 0.4) is 0 Å². The average molecular weight is 446 g/mol. The van der Waals surface area contributed by atoms with Crippen LogP contribution >= 0.6 is 11.8 Å². The lowest BCUT2D eigenvalue weighted by Gasteiger charge is -2.10. The fraction of sp³-hybridized carbons (Fsp3) is 0.0833. The predicted molar refractivity (Wildman–Crippen MR) is 123 cm³/mol. The molecule has 0 aliphatic rings. The molecule has 8 heteroatoms. The maximum Gasteiger partial charge on any atom is 0.269 e. The van der Waals surface area contributed by atoms with Gasteiger partial charge in [-0.05, 0) is 17.7 Å². The Morgan fingerprint density at radius 2 is 1.69 bits per heavy atom. The van der Waals surface area contributed by atoms with Crippen LogP contribution in [-0.2, 0) is 5.75 Å². The first kappa shape index (κ1) is 21.3. The molecule has 0 aliphatic heterocycles. The molecule has 0 N–H and O–H groups in total. The van der Waals surface area contributed by atoms with Gasteiger partial charge in [0.2, 0.25) is 5.88 Å². The van der Waals surface area contributed by atoms with Gasteiger partial charge >= 0.3 is 0 Å². The number of nitro groups is 1. The summed E-state index contributed by atoms with van der Waals surface area (Å²) in [7, 11) is 1.60. The average Bonchev–Trinajstić information content (AvgIpc) is 2.83. The maximum atomic E-state index is 11.0. The van der Waals surface area contributed by atoms with E-state index in [2.05, 4.69) is 9.97 Å². The molecule has 0 saturated carbocycles. The van der Waals surface area contributed by atoms with Gasteiger partial charge < -0.3 is 9.47 Å². The monoisotopic (exact) mass is 445 g/mol. The van der Waals surface area contributed by atoms with E-state index in [9.17, 15) is 10.1 Å². The van der Waals surface area contributed by atoms with E-state index < -0.39 is 4.92 Å². The number of hydrogen-bond acceptors (Lipinski definition) is 7. The summed E-state index contributed by atoms with van der Waals surface area (Å²) in [4.78, 5) is 19.8. The molecule has 0 aliphatic carbocycles. The third-order valence-electron chi connectivity index (χ3n) is 4.50. The number of nitrogens with zero attached hydrogens (tertiary/aromatic N) is 3. The molecule has 0 radical (unpaired) electrons. The first-order chi connectivity index (χ1) is 15.6. The van der Waals surface area contributed by atoms with Gasteiger partial charge in [-0.15, -0.1) is 0 Å². The molecular weight excluding hydrogens is 426 g/mol. The Morgan fingerprint density at radius 3 is 2.47 bits per heavy atom. The summed E-state index contributed by atoms with van der Waals surface area (Å²) in [6.45, 7) is 0. The van der Waals surface area contributed by atoms with Crippen molar-refractivity contribution in [2.24, 2.45) is 0 Å². The second-order valence-corrected chi connectivity index (χ2v) is 7.68. The molecule has 0 amide bonds. The molecule has 0 spiro atoms. The van der Waals surface area contributed by atoms with E-state index in [1.54, 1.807) is 31.4 Å². The Morgan fingerprint density at radius 1 is 0.906 bits per heavy atom. The van der Waals surface area contributed by atoms with Crippen molar-refractivity contribution in [2.75, 3.05) is 7.11 Å². The van der Waals surface area contributed by atoms with Gasteiger partial charge in [0.25, 0.3) is 5.69 Å². The molecule has 3 aromatic carbocycles. The van der Waals surface area contributed by atoms with Crippen molar-refractivity contribution in [3.8, 4) is 28.6 Å². The molecule has 0 saturated heterocycles. The molecule has 0 bridgehead atoms. The van der Waals surface area contributed by atoms with Gasteiger partial charge in [-0.1, -0.05) is 60.3 Å². The van der Waals surface area contributed by atoms with Crippen LogP contribution in [0.15, 0.2) is 90.1 Å². The molecule has 0 atom stereocenters. The first-order valence-electron chi connectivity index (χ1n) is 9.73. The van der Waals surface area contributed by atoms with Crippen molar-refractivity contribution in [1.29, 1.82) is 0 Å². The van der Waals surface area contributed by atoms with Crippen molar-refractivity contribution in [1.82, 2.24) is 9.97 Å². The smallest absolute Gasteiger partial charge is 0.269 e. The Labute approximate surface area is 189 Å². The fourth-order valence-corrected chi connectivity index (χ4v) is 3.76. The van der Waals surface area contributed by atoms with Crippen molar-refractivity contribution in [2.45, 2.75) is 10.9 Å². The number of hydrogen-bond donors (Lipinski definition) is 0. The molecular formula is C24H19N3O4S. The summed E-state index contributed by atoms with van der Waals surface area (Å²) in [6.07, 6.45) is 0. The summed E-state index contributed by atoms with van der Waals surface area (Å²) in [5.74, 6) is 2.16. The van der Waals surface area contributed by atoms with Crippen LogP contribution in [0.2, 0.25) is 0 Å². The van der Waals surface area contributed by atoms with Crippen LogP contribution < -0.4 is 9.47 Å². The second-order valence-electron chi connectivity index (χ2n) is 6.74. The first-order valence-corrected chi connectivity index (χ1v) is 10.7. The van der Waals surface area contributed by atoms with Crippen LogP contribution in [0.25, 0.3) is 11.3 Å². The van der Waals surface area contributed by atoms with Crippen LogP contribution in [0, 0.1) is 10.1 Å². The molecule has 160 valence electrons. The standard InChI is InChI=1S/C24H19N3O4S/c1-30-20-11-6-12-21(14-20)31-23-15-22(18-8-3-2-4-9-18)25-24(26-23)32-16-17-7-5-10-19(13-17)27(28)29/h2-15H,16H2,1H3. The van der Waals surface area contributed by atoms with Gasteiger partial charge in [0, 0.05) is 35.6 Å². The maximum absolute atomic E-state index is 11.0. The Kier molecular flexibility index (Phi) is 6.62. The number of nitro benzene ring substituents is 1. The lowest BCUT2D eigenvalue weighted by Crippen LogP contribution is -1.96. The minimum Gasteiger partial charge on any atom is -0.497 e. The Bertz CT molecular complexity index is 1230. The lowest BCUT2D eigenvalue weighted by atomic mass is 10.1. The third-order valence-corrected chi connectivity index (χ3v) is 5.42. The summed E-state index contributed by atoms with van der Waals surface area (Å²) >= 11 is 1.39. The van der Waals surface area contributed by atoms with Crippen LogP contribution in [0.4, 0.5) is 5.69 Å². The number of aromatic nitrogens is 2. The number of non-ortho nitro benzene ring substituents is 1. The summed E-state index contributed by atoms with van der Waals surface area (Å²) in [5, 5.41) is 11.6. The van der Waals surface area contributed by atoms with Crippen molar-refractivity contribution in [3.05, 3.63) is 101 Å². The molecule has 4 rings (SSSR count). The van der Waals surface area contributed by atoms with E-state index >= 15 is 0 Å². The highest BCUT2D eigenvalue weighted by atomic mass is 32.2. The van der Waals surface area contributed by atoms with Crippen LogP contribution in [0.1, 0.15) is 5.56 Å². The Hall–Kier alpha value is -3.91. The lowest BCUT2D eigenvalue weighted by molar-refractivity contribution is -0.384. The van der Waals surface area contributed by atoms with Gasteiger partial charge in [-0.25, -0.2) is 4.98 Å². The number of rotatable bonds is 8. The number of benzene rings is 3. The highest BCUT2D eigenvalue weighted by Gasteiger charge is 2.11. The number of ether oxygens (including phenoxy) is 2. The van der Waals surface area contributed by atoms with Gasteiger partial charge in [0.15, 0.2) is 5.16 Å². The molecule has 4 aromatic rings. The largest absolute Gasteiger partial charge is 0.497 e. The summed E-state index contributed by atoms with van der Waals surface area (Å²) < 4.78 is 11.3. The second kappa shape index (κ2) is 9.93. The molecule has 1 heterocycles. The zero-order valence-electron chi connectivity index (χ0n) is 17.2. The minimum atomic E-state index is -0.402. The summed E-state index contributed by atoms with van der Waals surface area (Å²) in [6, 6.07) is 25.4.